The van der Waals surface area contributed by atoms with Crippen LogP contribution >= 0.6 is 0 Å². The van der Waals surface area contributed by atoms with Gasteiger partial charge in [-0.2, -0.15) is 3.71 Å². The van der Waals surface area contributed by atoms with Crippen LogP contribution in [0.15, 0.2) is 168 Å². The summed E-state index contributed by atoms with van der Waals surface area (Å²) in [4.78, 5) is -0.641. The summed E-state index contributed by atoms with van der Waals surface area (Å²) in [5, 5.41) is 3.68. The molecule has 0 aliphatic rings. The highest BCUT2D eigenvalue weighted by molar-refractivity contribution is 8.09. The Kier molecular flexibility index (Phi) is 20.1. The van der Waals surface area contributed by atoms with Gasteiger partial charge in [0.15, 0.2) is 0 Å². The largest absolute Gasteiger partial charge is 0.403 e. The maximum Gasteiger partial charge on any atom is 0.261 e. The summed E-state index contributed by atoms with van der Waals surface area (Å²) in [7, 11) is -26.8. The van der Waals surface area contributed by atoms with E-state index in [0.717, 1.165) is 27.0 Å². The molecule has 0 atom stereocenters. The average molecular weight is 1230 g/mol. The van der Waals surface area contributed by atoms with E-state index < -0.39 is 88.4 Å². The molecule has 80 heavy (non-hydrogen) atoms. The van der Waals surface area contributed by atoms with Gasteiger partial charge in [-0.3, -0.25) is 4.72 Å². The number of rotatable bonds is 19. The minimum Gasteiger partial charge on any atom is -0.403 e. The lowest BCUT2D eigenvalue weighted by molar-refractivity contribution is 0.286. The molecule has 16 nitrogen and oxygen atoms in total. The SMILES string of the molecule is CC(C)(C)NS(=O)(=O)c1cc(CO[Si](c2ccccc2)(c2ccccc2)C(C)(C)C)ccc1N(S(C)(=O)=O)S(C)(=O)=O.CC(C)(C)NS(=O)(=O)c1cc(CO[Si](c2ccccc2)(c2ccccc2)C(C)(C)C)ccc1NS(C)(=O)=O. The second-order valence-electron chi connectivity index (χ2n) is 23.8. The number of nitrogens with one attached hydrogen (secondary N) is 3. The first-order chi connectivity index (χ1) is 36.5. The first kappa shape index (κ1) is 65.8. The predicted octanol–water partition coefficient (Wildman–Crippen LogP) is 7.78. The van der Waals surface area contributed by atoms with Crippen molar-refractivity contribution in [2.24, 2.45) is 0 Å². The van der Waals surface area contributed by atoms with Crippen molar-refractivity contribution in [1.82, 2.24) is 9.44 Å². The lowest BCUT2D eigenvalue weighted by Gasteiger charge is -2.43. The van der Waals surface area contributed by atoms with E-state index in [4.69, 9.17) is 8.85 Å². The van der Waals surface area contributed by atoms with Gasteiger partial charge in [0.25, 0.3) is 16.6 Å². The van der Waals surface area contributed by atoms with Crippen molar-refractivity contribution in [2.75, 3.05) is 27.2 Å². The first-order valence-corrected chi connectivity index (χ1v) is 37.9. The van der Waals surface area contributed by atoms with Crippen molar-refractivity contribution in [1.29, 1.82) is 0 Å². The van der Waals surface area contributed by atoms with E-state index in [-0.39, 0.29) is 37.6 Å². The summed E-state index contributed by atoms with van der Waals surface area (Å²) >= 11 is 0. The molecular weight excluding hydrogens is 1150 g/mol. The van der Waals surface area contributed by atoms with Crippen molar-refractivity contribution in [3.05, 3.63) is 169 Å². The van der Waals surface area contributed by atoms with Crippen LogP contribution in [0, 0.1) is 0 Å². The molecule has 0 spiro atoms. The molecule has 0 aliphatic carbocycles. The van der Waals surface area contributed by atoms with Gasteiger partial charge in [-0.15, -0.1) is 0 Å². The van der Waals surface area contributed by atoms with Gasteiger partial charge in [0.2, 0.25) is 50.1 Å². The van der Waals surface area contributed by atoms with Crippen molar-refractivity contribution in [3.63, 3.8) is 0 Å². The number of anilines is 2. The second-order valence-corrected chi connectivity index (χ2v) is 41.4. The van der Waals surface area contributed by atoms with Crippen LogP contribution in [0.25, 0.3) is 0 Å². The van der Waals surface area contributed by atoms with Crippen LogP contribution in [0.5, 0.6) is 0 Å². The standard InChI is InChI=1S/C29H40N2O7S3Si.C28H38N2O5S2Si/c1-28(2,3)30-41(36,37)27-21-23(19-20-26(27)31(39(7,32)33)40(8,34)35)22-38-42(29(4,5)6,24-15-11-9-12-16-24)25-17-13-10-14-18-25;1-27(2,3)30-37(33,34)26-20-22(18-19-25(26)29-36(7,31)32)21-35-38(28(4,5)6,23-14-10-8-11-15-23)24-16-12-9-13-17-24/h9-21,30H,22H2,1-8H3;8-20,29-30H,21H2,1-7H3. The van der Waals surface area contributed by atoms with E-state index in [9.17, 15) is 42.1 Å². The van der Waals surface area contributed by atoms with Crippen LogP contribution in [0.1, 0.15) is 94.2 Å². The third kappa shape index (κ3) is 16.4. The molecule has 0 radical (unpaired) electrons. The van der Waals surface area contributed by atoms with E-state index in [1.165, 1.54) is 30.3 Å². The molecule has 0 amide bonds. The molecule has 6 aromatic rings. The molecule has 436 valence electrons. The number of sulfonamides is 5. The minimum atomic E-state index is -4.41. The van der Waals surface area contributed by atoms with E-state index in [1.807, 2.05) is 97.1 Å². The van der Waals surface area contributed by atoms with Gasteiger partial charge in [-0.25, -0.2) is 51.5 Å². The molecular formula is C57H78N4O12S5Si2. The topological polar surface area (TPSA) is 228 Å². The molecule has 0 unspecified atom stereocenters. The molecule has 6 aromatic carbocycles. The molecule has 23 heteroatoms. The zero-order valence-corrected chi connectivity index (χ0v) is 54.4. The number of hydrogen-bond acceptors (Lipinski definition) is 12. The highest BCUT2D eigenvalue weighted by Crippen LogP contribution is 2.40. The van der Waals surface area contributed by atoms with Crippen molar-refractivity contribution in [2.45, 2.75) is 127 Å². The van der Waals surface area contributed by atoms with Crippen molar-refractivity contribution < 1.29 is 50.9 Å². The fourth-order valence-corrected chi connectivity index (χ4v) is 25.7. The van der Waals surface area contributed by atoms with E-state index >= 15 is 0 Å². The Labute approximate surface area is 479 Å². The number of hydrogen-bond donors (Lipinski definition) is 3. The highest BCUT2D eigenvalue weighted by Gasteiger charge is 2.51. The van der Waals surface area contributed by atoms with Gasteiger partial charge in [0.1, 0.15) is 9.79 Å². The Balaban J connectivity index is 0.000000295. The summed E-state index contributed by atoms with van der Waals surface area (Å²) in [5.41, 5.74) is -1.15. The molecule has 0 bridgehead atoms. The fourth-order valence-electron chi connectivity index (χ4n) is 9.60. The molecule has 0 heterocycles. The smallest absolute Gasteiger partial charge is 0.261 e. The third-order valence-electron chi connectivity index (χ3n) is 12.4. The van der Waals surface area contributed by atoms with E-state index in [0.29, 0.717) is 23.6 Å². The Morgan fingerprint density at radius 3 is 1.00 bits per heavy atom. The van der Waals surface area contributed by atoms with Gasteiger partial charge in [0, 0.05) is 11.1 Å². The fraction of sp³-hybridized carbons (Fsp3) is 0.368. The normalized spacial score (nSPS) is 13.5. The van der Waals surface area contributed by atoms with Gasteiger partial charge in [-0.1, -0.05) is 175 Å². The van der Waals surface area contributed by atoms with E-state index in [1.54, 1.807) is 47.6 Å². The summed E-state index contributed by atoms with van der Waals surface area (Å²) in [6, 6.07) is 48.8. The Hall–Kier alpha value is -5.06. The predicted molar refractivity (Wildman–Crippen MR) is 328 cm³/mol. The van der Waals surface area contributed by atoms with Crippen LogP contribution in [-0.2, 0) is 72.2 Å². The van der Waals surface area contributed by atoms with Gasteiger partial charge < -0.3 is 8.85 Å². The summed E-state index contributed by atoms with van der Waals surface area (Å²) < 4.78 is 150. The molecule has 0 aliphatic heterocycles. The van der Waals surface area contributed by atoms with Crippen LogP contribution in [-0.4, -0.2) is 88.6 Å². The number of nitrogens with zero attached hydrogens (tertiary/aromatic N) is 1. The Morgan fingerprint density at radius 1 is 0.412 bits per heavy atom. The molecule has 0 fully saturated rings. The first-order valence-electron chi connectivity index (χ1n) is 25.6. The Bertz CT molecular complexity index is 3570. The van der Waals surface area contributed by atoms with Gasteiger partial charge in [-0.05, 0) is 108 Å². The van der Waals surface area contributed by atoms with Crippen LogP contribution in [0.4, 0.5) is 11.4 Å². The zero-order valence-electron chi connectivity index (χ0n) is 48.3. The highest BCUT2D eigenvalue weighted by atomic mass is 32.3. The molecule has 0 saturated carbocycles. The third-order valence-corrected chi connectivity index (χ3v) is 29.7. The maximum absolute atomic E-state index is 13.6. The van der Waals surface area contributed by atoms with Crippen molar-refractivity contribution >= 4 is 98.9 Å². The van der Waals surface area contributed by atoms with Crippen molar-refractivity contribution in [3.8, 4) is 0 Å². The summed E-state index contributed by atoms with van der Waals surface area (Å²) in [5.74, 6) is 0. The maximum atomic E-state index is 13.6. The lowest BCUT2D eigenvalue weighted by Crippen LogP contribution is -2.66. The molecule has 0 saturated heterocycles. The second kappa shape index (κ2) is 24.4. The van der Waals surface area contributed by atoms with Gasteiger partial charge in [0.05, 0.1) is 43.4 Å². The van der Waals surface area contributed by atoms with Gasteiger partial charge >= 0.3 is 0 Å². The number of benzene rings is 6. The monoisotopic (exact) mass is 1230 g/mol. The molecule has 0 aromatic heterocycles. The molecule has 3 N–H and O–H groups in total. The average Bonchev–Trinajstić information content (AvgIpc) is 3.30. The molecule has 6 rings (SSSR count). The zero-order chi connectivity index (χ0) is 60.2. The van der Waals surface area contributed by atoms with Crippen LogP contribution < -0.4 is 38.6 Å². The summed E-state index contributed by atoms with van der Waals surface area (Å²) in [6.45, 7) is 23.0. The quantitative estimate of drug-likeness (QED) is 0.0661. The summed E-state index contributed by atoms with van der Waals surface area (Å²) in [6.07, 6.45) is 2.41. The Morgan fingerprint density at radius 2 is 0.713 bits per heavy atom. The van der Waals surface area contributed by atoms with Crippen LogP contribution in [0.3, 0.4) is 0 Å². The lowest BCUT2D eigenvalue weighted by atomic mass is 10.1. The van der Waals surface area contributed by atoms with Crippen LogP contribution in [0.2, 0.25) is 10.1 Å². The minimum absolute atomic E-state index is 0.0106. The van der Waals surface area contributed by atoms with E-state index in [2.05, 4.69) is 80.0 Å².